The van der Waals surface area contributed by atoms with Crippen LogP contribution in [0.25, 0.3) is 0 Å². The van der Waals surface area contributed by atoms with E-state index in [1.807, 2.05) is 6.07 Å². The first-order valence-electron chi connectivity index (χ1n) is 8.52. The van der Waals surface area contributed by atoms with Crippen LogP contribution < -0.4 is 14.8 Å². The summed E-state index contributed by atoms with van der Waals surface area (Å²) in [4.78, 5) is 12.0. The highest BCUT2D eigenvalue weighted by Gasteiger charge is 2.16. The van der Waals surface area contributed by atoms with Gasteiger partial charge < -0.3 is 14.8 Å². The Hall–Kier alpha value is -2.64. The molecule has 2 rings (SSSR count). The fourth-order valence-corrected chi connectivity index (χ4v) is 3.60. The predicted molar refractivity (Wildman–Crippen MR) is 108 cm³/mol. The molecule has 154 valence electrons. The molecule has 0 spiro atoms. The highest BCUT2D eigenvalue weighted by Crippen LogP contribution is 2.27. The maximum atomic E-state index is 12.2. The Kier molecular flexibility index (Phi) is 8.42. The number of sulfonamides is 1. The summed E-state index contributed by atoms with van der Waals surface area (Å²) in [7, 11) is -2.25. The molecular weight excluding hydrogens is 418 g/mol. The topological polar surface area (TPSA) is 118 Å². The molecule has 0 fully saturated rings. The molecule has 8 nitrogen and oxygen atoms in total. The summed E-state index contributed by atoms with van der Waals surface area (Å²) in [5, 5.41) is 11.4. The standard InChI is InChI=1S/C19H20ClN3O5S/c1-27-11-10-22-29(25,26)16-6-7-18(17(20)12-16)28-13-19(24)23-15-4-2-14(3-5-15)8-9-21/h2-7,12,22H,8,10-11,13H2,1H3,(H,23,24). The second-order valence-electron chi connectivity index (χ2n) is 5.85. The quantitative estimate of drug-likeness (QED) is 0.551. The zero-order valence-electron chi connectivity index (χ0n) is 15.6. The minimum atomic E-state index is -3.72. The number of methoxy groups -OCH3 is 1. The number of hydrogen-bond acceptors (Lipinski definition) is 6. The van der Waals surface area contributed by atoms with Crippen molar-refractivity contribution in [3.05, 3.63) is 53.1 Å². The number of halogens is 1. The number of hydrogen-bond donors (Lipinski definition) is 2. The highest BCUT2D eigenvalue weighted by atomic mass is 35.5. The monoisotopic (exact) mass is 437 g/mol. The molecule has 29 heavy (non-hydrogen) atoms. The van der Waals surface area contributed by atoms with Gasteiger partial charge in [-0.05, 0) is 35.9 Å². The van der Waals surface area contributed by atoms with Gasteiger partial charge in [-0.2, -0.15) is 5.26 Å². The molecule has 0 radical (unpaired) electrons. The average Bonchev–Trinajstić information content (AvgIpc) is 2.69. The van der Waals surface area contributed by atoms with Gasteiger partial charge in [0, 0.05) is 19.3 Å². The van der Waals surface area contributed by atoms with E-state index in [0.29, 0.717) is 12.1 Å². The molecule has 0 aliphatic heterocycles. The van der Waals surface area contributed by atoms with E-state index in [9.17, 15) is 13.2 Å². The molecule has 1 amide bonds. The minimum Gasteiger partial charge on any atom is -0.482 e. The second kappa shape index (κ2) is 10.8. The van der Waals surface area contributed by atoms with Gasteiger partial charge in [-0.25, -0.2) is 13.1 Å². The number of anilines is 1. The van der Waals surface area contributed by atoms with Crippen LogP contribution in [0.1, 0.15) is 5.56 Å². The van der Waals surface area contributed by atoms with Crippen LogP contribution in [-0.4, -0.2) is 41.2 Å². The number of rotatable bonds is 10. The van der Waals surface area contributed by atoms with Gasteiger partial charge in [-0.3, -0.25) is 4.79 Å². The number of benzene rings is 2. The lowest BCUT2D eigenvalue weighted by atomic mass is 10.1. The number of ether oxygens (including phenoxy) is 2. The van der Waals surface area contributed by atoms with Crippen LogP contribution >= 0.6 is 11.6 Å². The molecule has 2 aromatic carbocycles. The zero-order chi connectivity index (χ0) is 21.3. The van der Waals surface area contributed by atoms with Crippen LogP contribution in [-0.2, 0) is 26.0 Å². The predicted octanol–water partition coefficient (Wildman–Crippen LogP) is 2.35. The smallest absolute Gasteiger partial charge is 0.262 e. The normalized spacial score (nSPS) is 10.9. The average molecular weight is 438 g/mol. The van der Waals surface area contributed by atoms with Gasteiger partial charge in [0.1, 0.15) is 5.75 Å². The molecule has 0 aliphatic rings. The van der Waals surface area contributed by atoms with Crippen molar-refractivity contribution in [3.63, 3.8) is 0 Å². The zero-order valence-corrected chi connectivity index (χ0v) is 17.2. The molecule has 0 saturated heterocycles. The van der Waals surface area contributed by atoms with Crippen molar-refractivity contribution in [1.82, 2.24) is 4.72 Å². The first-order chi connectivity index (χ1) is 13.9. The highest BCUT2D eigenvalue weighted by molar-refractivity contribution is 7.89. The number of amides is 1. The first-order valence-corrected chi connectivity index (χ1v) is 10.4. The van der Waals surface area contributed by atoms with Gasteiger partial charge >= 0.3 is 0 Å². The largest absolute Gasteiger partial charge is 0.482 e. The lowest BCUT2D eigenvalue weighted by molar-refractivity contribution is -0.118. The molecule has 0 bridgehead atoms. The third-order valence-electron chi connectivity index (χ3n) is 3.69. The van der Waals surface area contributed by atoms with Crippen molar-refractivity contribution in [1.29, 1.82) is 5.26 Å². The molecule has 10 heteroatoms. The van der Waals surface area contributed by atoms with Crippen molar-refractivity contribution in [2.45, 2.75) is 11.3 Å². The maximum absolute atomic E-state index is 12.2. The van der Waals surface area contributed by atoms with Gasteiger partial charge in [-0.15, -0.1) is 0 Å². The second-order valence-corrected chi connectivity index (χ2v) is 8.03. The lowest BCUT2D eigenvalue weighted by Gasteiger charge is -2.11. The van der Waals surface area contributed by atoms with Crippen molar-refractivity contribution >= 4 is 33.2 Å². The van der Waals surface area contributed by atoms with Gasteiger partial charge in [0.15, 0.2) is 6.61 Å². The fourth-order valence-electron chi connectivity index (χ4n) is 2.26. The molecule has 0 atom stereocenters. The molecule has 2 N–H and O–H groups in total. The summed E-state index contributed by atoms with van der Waals surface area (Å²) in [6.07, 6.45) is 0.295. The van der Waals surface area contributed by atoms with E-state index in [4.69, 9.17) is 26.3 Å². The van der Waals surface area contributed by atoms with Crippen LogP contribution in [0.4, 0.5) is 5.69 Å². The first kappa shape index (κ1) is 22.6. The number of nitrogens with one attached hydrogen (secondary N) is 2. The maximum Gasteiger partial charge on any atom is 0.262 e. The van der Waals surface area contributed by atoms with Crippen molar-refractivity contribution in [2.75, 3.05) is 32.2 Å². The Morgan fingerprint density at radius 2 is 1.93 bits per heavy atom. The molecule has 0 unspecified atom stereocenters. The summed E-state index contributed by atoms with van der Waals surface area (Å²) >= 11 is 6.09. The third-order valence-corrected chi connectivity index (χ3v) is 5.45. The molecular formula is C19H20ClN3O5S. The number of nitriles is 1. The van der Waals surface area contributed by atoms with Gasteiger partial charge in [0.05, 0.1) is 29.0 Å². The molecule has 0 aliphatic carbocycles. The summed E-state index contributed by atoms with van der Waals surface area (Å²) in [6, 6.07) is 12.9. The van der Waals surface area contributed by atoms with Gasteiger partial charge in [-0.1, -0.05) is 23.7 Å². The van der Waals surface area contributed by atoms with Crippen LogP contribution in [0, 0.1) is 11.3 Å². The molecule has 0 aromatic heterocycles. The lowest BCUT2D eigenvalue weighted by Crippen LogP contribution is -2.27. The minimum absolute atomic E-state index is 0.0205. The van der Waals surface area contributed by atoms with Crippen LogP contribution in [0.3, 0.4) is 0 Å². The van der Waals surface area contributed by atoms with Gasteiger partial charge in [0.2, 0.25) is 10.0 Å². The number of carbonyl (C=O) groups excluding carboxylic acids is 1. The van der Waals surface area contributed by atoms with Crippen LogP contribution in [0.2, 0.25) is 5.02 Å². The van der Waals surface area contributed by atoms with E-state index in [1.165, 1.54) is 25.3 Å². The summed E-state index contributed by atoms with van der Waals surface area (Å²) < 4.78 is 36.9. The summed E-state index contributed by atoms with van der Waals surface area (Å²) in [6.45, 7) is 0.0640. The number of carbonyl (C=O) groups is 1. The Morgan fingerprint density at radius 3 is 2.55 bits per heavy atom. The SMILES string of the molecule is COCCNS(=O)(=O)c1ccc(OCC(=O)Nc2ccc(CC#N)cc2)c(Cl)c1. The third kappa shape index (κ3) is 7.03. The van der Waals surface area contributed by atoms with E-state index in [1.54, 1.807) is 24.3 Å². The molecule has 0 heterocycles. The van der Waals surface area contributed by atoms with E-state index in [-0.39, 0.29) is 35.4 Å². The van der Waals surface area contributed by atoms with Gasteiger partial charge in [0.25, 0.3) is 5.91 Å². The van der Waals surface area contributed by atoms with Crippen molar-refractivity contribution in [3.8, 4) is 11.8 Å². The Morgan fingerprint density at radius 1 is 1.21 bits per heavy atom. The Balaban J connectivity index is 1.93. The van der Waals surface area contributed by atoms with Crippen LogP contribution in [0.5, 0.6) is 5.75 Å². The fraction of sp³-hybridized carbons (Fsp3) is 0.263. The van der Waals surface area contributed by atoms with Crippen molar-refractivity contribution in [2.24, 2.45) is 0 Å². The van der Waals surface area contributed by atoms with Crippen LogP contribution in [0.15, 0.2) is 47.4 Å². The Bertz CT molecular complexity index is 988. The van der Waals surface area contributed by atoms with E-state index in [0.717, 1.165) is 5.56 Å². The Labute approximate surface area is 174 Å². The summed E-state index contributed by atoms with van der Waals surface area (Å²) in [5.41, 5.74) is 1.41. The number of nitrogens with zero attached hydrogens (tertiary/aromatic N) is 1. The molecule has 0 saturated carbocycles. The summed E-state index contributed by atoms with van der Waals surface area (Å²) in [5.74, 6) is -0.228. The van der Waals surface area contributed by atoms with E-state index in [2.05, 4.69) is 10.0 Å². The van der Waals surface area contributed by atoms with E-state index >= 15 is 0 Å². The van der Waals surface area contributed by atoms with Crippen molar-refractivity contribution < 1.29 is 22.7 Å². The van der Waals surface area contributed by atoms with E-state index < -0.39 is 15.9 Å². The molecule has 2 aromatic rings.